The summed E-state index contributed by atoms with van der Waals surface area (Å²) in [5.41, 5.74) is 1.70. The number of hydrogen-bond acceptors (Lipinski definition) is 7. The van der Waals surface area contributed by atoms with Gasteiger partial charge in [0.25, 0.3) is 10.0 Å². The van der Waals surface area contributed by atoms with Gasteiger partial charge in [-0.3, -0.25) is 0 Å². The van der Waals surface area contributed by atoms with Crippen molar-refractivity contribution in [2.75, 3.05) is 23.4 Å². The lowest BCUT2D eigenvalue weighted by Gasteiger charge is -2.10. The Labute approximate surface area is 159 Å². The SMILES string of the molecule is CCNc1nc(Nc2cccc3c2cnn3S(C)(=O)=O)nc2[nH]cc(Cl)c12. The Hall–Kier alpha value is -2.85. The van der Waals surface area contributed by atoms with Gasteiger partial charge in [-0.25, -0.2) is 8.42 Å². The van der Waals surface area contributed by atoms with Crippen molar-refractivity contribution in [2.24, 2.45) is 0 Å². The minimum atomic E-state index is -3.50. The van der Waals surface area contributed by atoms with E-state index in [1.54, 1.807) is 24.4 Å². The molecule has 0 spiro atoms. The summed E-state index contributed by atoms with van der Waals surface area (Å²) in [5.74, 6) is 0.951. The molecule has 0 fully saturated rings. The van der Waals surface area contributed by atoms with Gasteiger partial charge in [-0.05, 0) is 19.1 Å². The lowest BCUT2D eigenvalue weighted by molar-refractivity contribution is 0.588. The molecule has 4 rings (SSSR count). The molecule has 3 N–H and O–H groups in total. The maximum Gasteiger partial charge on any atom is 0.251 e. The van der Waals surface area contributed by atoms with Gasteiger partial charge >= 0.3 is 0 Å². The van der Waals surface area contributed by atoms with Crippen LogP contribution in [0, 0.1) is 0 Å². The molecule has 9 nitrogen and oxygen atoms in total. The minimum Gasteiger partial charge on any atom is -0.370 e. The molecule has 0 atom stereocenters. The number of nitrogens with one attached hydrogen (secondary N) is 3. The largest absolute Gasteiger partial charge is 0.370 e. The van der Waals surface area contributed by atoms with E-state index >= 15 is 0 Å². The van der Waals surface area contributed by atoms with E-state index in [0.29, 0.717) is 51.0 Å². The number of H-pyrrole nitrogens is 1. The molecule has 0 amide bonds. The van der Waals surface area contributed by atoms with Gasteiger partial charge in [0.1, 0.15) is 11.5 Å². The van der Waals surface area contributed by atoms with Crippen LogP contribution in [0.25, 0.3) is 21.9 Å². The van der Waals surface area contributed by atoms with Crippen molar-refractivity contribution in [1.29, 1.82) is 0 Å². The van der Waals surface area contributed by atoms with Crippen LogP contribution in [-0.4, -0.2) is 45.4 Å². The quantitative estimate of drug-likeness (QED) is 0.467. The van der Waals surface area contributed by atoms with E-state index in [-0.39, 0.29) is 0 Å². The Morgan fingerprint density at radius 1 is 1.30 bits per heavy atom. The number of hydrogen-bond donors (Lipinski definition) is 3. The summed E-state index contributed by atoms with van der Waals surface area (Å²) in [6, 6.07) is 5.23. The Bertz CT molecular complexity index is 1260. The number of anilines is 3. The summed E-state index contributed by atoms with van der Waals surface area (Å²) >= 11 is 6.21. The molecule has 3 aromatic heterocycles. The first-order chi connectivity index (χ1) is 12.9. The second-order valence-corrected chi connectivity index (χ2v) is 8.12. The number of halogens is 1. The van der Waals surface area contributed by atoms with Crippen molar-refractivity contribution in [1.82, 2.24) is 24.1 Å². The summed E-state index contributed by atoms with van der Waals surface area (Å²) in [5, 5.41) is 12.2. The molecule has 0 aliphatic carbocycles. The van der Waals surface area contributed by atoms with Crippen molar-refractivity contribution < 1.29 is 8.42 Å². The Morgan fingerprint density at radius 3 is 2.85 bits per heavy atom. The average molecular weight is 406 g/mol. The Morgan fingerprint density at radius 2 is 2.11 bits per heavy atom. The van der Waals surface area contributed by atoms with Crippen LogP contribution in [0.1, 0.15) is 6.92 Å². The molecule has 0 aliphatic heterocycles. The number of benzene rings is 1. The molecule has 0 unspecified atom stereocenters. The molecule has 0 bridgehead atoms. The molecule has 140 valence electrons. The Kier molecular flexibility index (Phi) is 4.16. The lowest BCUT2D eigenvalue weighted by Crippen LogP contribution is -2.11. The van der Waals surface area contributed by atoms with Gasteiger partial charge < -0.3 is 15.6 Å². The van der Waals surface area contributed by atoms with Crippen LogP contribution in [0.5, 0.6) is 0 Å². The monoisotopic (exact) mass is 405 g/mol. The number of aromatic amines is 1. The standard InChI is InChI=1S/C16H16ClN7O2S/c1-3-18-14-13-10(17)8-19-15(13)23-16(22-14)21-11-5-4-6-12-9(11)7-20-24(12)27(2,25)26/h4-8H,3H2,1-2H3,(H3,18,19,21,22,23). The molecule has 3 heterocycles. The van der Waals surface area contributed by atoms with Crippen LogP contribution in [0.15, 0.2) is 30.6 Å². The minimum absolute atomic E-state index is 0.344. The second kappa shape index (κ2) is 6.39. The highest BCUT2D eigenvalue weighted by Gasteiger charge is 2.16. The van der Waals surface area contributed by atoms with Crippen molar-refractivity contribution in [3.8, 4) is 0 Å². The molecule has 4 aromatic rings. The average Bonchev–Trinajstić information content (AvgIpc) is 3.20. The number of rotatable bonds is 5. The van der Waals surface area contributed by atoms with E-state index in [4.69, 9.17) is 11.6 Å². The third kappa shape index (κ3) is 3.06. The molecule has 0 saturated carbocycles. The molecular weight excluding hydrogens is 390 g/mol. The summed E-state index contributed by atoms with van der Waals surface area (Å²) in [6.07, 6.45) is 4.25. The maximum absolute atomic E-state index is 11.9. The van der Waals surface area contributed by atoms with Gasteiger partial charge in [-0.2, -0.15) is 19.2 Å². The van der Waals surface area contributed by atoms with Gasteiger partial charge in [0.2, 0.25) is 5.95 Å². The zero-order valence-corrected chi connectivity index (χ0v) is 16.1. The first-order valence-corrected chi connectivity index (χ1v) is 10.3. The van der Waals surface area contributed by atoms with E-state index in [0.717, 1.165) is 10.3 Å². The Balaban J connectivity index is 1.82. The van der Waals surface area contributed by atoms with E-state index in [9.17, 15) is 8.42 Å². The van der Waals surface area contributed by atoms with Gasteiger partial charge in [0.05, 0.1) is 34.1 Å². The van der Waals surface area contributed by atoms with Crippen LogP contribution in [0.3, 0.4) is 0 Å². The molecule has 11 heteroatoms. The fourth-order valence-corrected chi connectivity index (χ4v) is 3.84. The summed E-state index contributed by atoms with van der Waals surface area (Å²) in [4.78, 5) is 12.0. The lowest BCUT2D eigenvalue weighted by atomic mass is 10.2. The summed E-state index contributed by atoms with van der Waals surface area (Å²) in [6.45, 7) is 2.63. The van der Waals surface area contributed by atoms with Gasteiger partial charge in [-0.1, -0.05) is 17.7 Å². The maximum atomic E-state index is 11.9. The van der Waals surface area contributed by atoms with Crippen LogP contribution in [0.2, 0.25) is 5.02 Å². The summed E-state index contributed by atoms with van der Waals surface area (Å²) in [7, 11) is -3.50. The van der Waals surface area contributed by atoms with Gasteiger partial charge in [0, 0.05) is 18.1 Å². The number of aromatic nitrogens is 5. The first kappa shape index (κ1) is 17.6. The predicted molar refractivity (Wildman–Crippen MR) is 106 cm³/mol. The van der Waals surface area contributed by atoms with Crippen molar-refractivity contribution in [3.63, 3.8) is 0 Å². The fourth-order valence-electron chi connectivity index (χ4n) is 2.87. The van der Waals surface area contributed by atoms with Crippen LogP contribution < -0.4 is 10.6 Å². The topological polar surface area (TPSA) is 118 Å². The fraction of sp³-hybridized carbons (Fsp3) is 0.188. The van der Waals surface area contributed by atoms with Crippen molar-refractivity contribution in [2.45, 2.75) is 6.92 Å². The molecule has 0 saturated heterocycles. The van der Waals surface area contributed by atoms with E-state index in [1.807, 2.05) is 6.92 Å². The highest BCUT2D eigenvalue weighted by Crippen LogP contribution is 2.31. The van der Waals surface area contributed by atoms with E-state index < -0.39 is 10.0 Å². The highest BCUT2D eigenvalue weighted by molar-refractivity contribution is 7.89. The molecule has 0 radical (unpaired) electrons. The molecule has 0 aliphatic rings. The van der Waals surface area contributed by atoms with Gasteiger partial charge in [0.15, 0.2) is 0 Å². The predicted octanol–water partition coefficient (Wildman–Crippen LogP) is 2.94. The smallest absolute Gasteiger partial charge is 0.251 e. The molecule has 1 aromatic carbocycles. The molecular formula is C16H16ClN7O2S. The molecule has 27 heavy (non-hydrogen) atoms. The highest BCUT2D eigenvalue weighted by atomic mass is 35.5. The van der Waals surface area contributed by atoms with Crippen LogP contribution >= 0.6 is 11.6 Å². The summed E-state index contributed by atoms with van der Waals surface area (Å²) < 4.78 is 24.7. The first-order valence-electron chi connectivity index (χ1n) is 8.11. The number of fused-ring (bicyclic) bond motifs is 2. The zero-order valence-electron chi connectivity index (χ0n) is 14.5. The van der Waals surface area contributed by atoms with Crippen molar-refractivity contribution in [3.05, 3.63) is 35.6 Å². The van der Waals surface area contributed by atoms with E-state index in [2.05, 4.69) is 30.7 Å². The van der Waals surface area contributed by atoms with E-state index in [1.165, 1.54) is 6.20 Å². The zero-order chi connectivity index (χ0) is 19.2. The second-order valence-electron chi connectivity index (χ2n) is 5.90. The van der Waals surface area contributed by atoms with Crippen LogP contribution in [-0.2, 0) is 10.0 Å². The third-order valence-electron chi connectivity index (χ3n) is 3.97. The van der Waals surface area contributed by atoms with Crippen LogP contribution in [0.4, 0.5) is 17.5 Å². The van der Waals surface area contributed by atoms with Gasteiger partial charge in [-0.15, -0.1) is 0 Å². The van der Waals surface area contributed by atoms with Crippen molar-refractivity contribution >= 4 is 61.0 Å². The third-order valence-corrected chi connectivity index (χ3v) is 5.19. The number of nitrogens with zero attached hydrogens (tertiary/aromatic N) is 4. The normalized spacial score (nSPS) is 12.0.